The monoisotopic (exact) mass is 288 g/mol. The maximum atomic E-state index is 5.75. The molecular weight excluding hydrogens is 264 g/mol. The molecule has 0 spiro atoms. The van der Waals surface area contributed by atoms with Gasteiger partial charge in [-0.05, 0) is 31.5 Å². The summed E-state index contributed by atoms with van der Waals surface area (Å²) in [7, 11) is 1.66. The number of morpholine rings is 1. The summed E-state index contributed by atoms with van der Waals surface area (Å²) in [5.41, 5.74) is 7.50. The van der Waals surface area contributed by atoms with Crippen LogP contribution in [0.4, 0.5) is 0 Å². The Morgan fingerprint density at radius 1 is 1.43 bits per heavy atom. The topological polar surface area (TPSA) is 47.7 Å². The maximum Gasteiger partial charge on any atom is 0.134 e. The Morgan fingerprint density at radius 3 is 2.90 bits per heavy atom. The molecule has 1 aliphatic rings. The number of benzene rings is 1. The molecule has 1 heterocycles. The van der Waals surface area contributed by atoms with Crippen LogP contribution in [0, 0.1) is 11.8 Å². The molecule has 1 aromatic rings. The van der Waals surface area contributed by atoms with Crippen molar-refractivity contribution in [2.45, 2.75) is 26.0 Å². The first-order valence-electron chi connectivity index (χ1n) is 7.26. The number of hydrogen-bond donors (Lipinski definition) is 1. The Bertz CT molecular complexity index is 543. The fraction of sp³-hybridized carbons (Fsp3) is 0.529. The Balaban J connectivity index is 2.13. The first-order valence-corrected chi connectivity index (χ1v) is 7.26. The van der Waals surface area contributed by atoms with Crippen LogP contribution in [-0.4, -0.2) is 43.9 Å². The zero-order chi connectivity index (χ0) is 15.3. The third kappa shape index (κ3) is 4.47. The SMILES string of the molecule is COc1ccc(CN2CCOC(C)(C)C2)cc1C#CCN. The molecule has 1 saturated heterocycles. The van der Waals surface area contributed by atoms with E-state index < -0.39 is 0 Å². The average Bonchev–Trinajstić information content (AvgIpc) is 2.44. The smallest absolute Gasteiger partial charge is 0.134 e. The van der Waals surface area contributed by atoms with Crippen LogP contribution in [0.1, 0.15) is 25.0 Å². The number of hydrogen-bond acceptors (Lipinski definition) is 4. The molecule has 0 atom stereocenters. The van der Waals surface area contributed by atoms with E-state index in [1.165, 1.54) is 5.56 Å². The van der Waals surface area contributed by atoms with Crippen LogP contribution in [0.3, 0.4) is 0 Å². The standard InChI is InChI=1S/C17H24N2O2/c1-17(2)13-19(9-10-21-17)12-14-6-7-16(20-3)15(11-14)5-4-8-18/h6-7,11H,8-10,12-13,18H2,1-3H3. The van der Waals surface area contributed by atoms with Gasteiger partial charge in [0.15, 0.2) is 0 Å². The van der Waals surface area contributed by atoms with Gasteiger partial charge in [-0.3, -0.25) is 4.90 Å². The molecule has 0 amide bonds. The van der Waals surface area contributed by atoms with Gasteiger partial charge in [0.2, 0.25) is 0 Å². The molecule has 1 aromatic carbocycles. The molecule has 1 fully saturated rings. The average molecular weight is 288 g/mol. The molecule has 2 rings (SSSR count). The van der Waals surface area contributed by atoms with Crippen LogP contribution in [0.15, 0.2) is 18.2 Å². The van der Waals surface area contributed by atoms with Gasteiger partial charge in [0, 0.05) is 19.6 Å². The van der Waals surface area contributed by atoms with Gasteiger partial charge in [-0.15, -0.1) is 0 Å². The molecule has 4 nitrogen and oxygen atoms in total. The number of nitrogens with two attached hydrogens (primary N) is 1. The van der Waals surface area contributed by atoms with Crippen molar-refractivity contribution in [2.75, 3.05) is 33.4 Å². The molecule has 2 N–H and O–H groups in total. The van der Waals surface area contributed by atoms with Gasteiger partial charge in [0.05, 0.1) is 31.4 Å². The van der Waals surface area contributed by atoms with Crippen molar-refractivity contribution in [1.82, 2.24) is 4.90 Å². The molecule has 21 heavy (non-hydrogen) atoms. The second kappa shape index (κ2) is 6.95. The normalized spacial score (nSPS) is 17.9. The molecule has 0 unspecified atom stereocenters. The molecule has 4 heteroatoms. The third-order valence-corrected chi connectivity index (χ3v) is 3.50. The third-order valence-electron chi connectivity index (χ3n) is 3.50. The van der Waals surface area contributed by atoms with Gasteiger partial charge in [-0.25, -0.2) is 0 Å². The van der Waals surface area contributed by atoms with E-state index in [1.807, 2.05) is 6.07 Å². The number of methoxy groups -OCH3 is 1. The zero-order valence-electron chi connectivity index (χ0n) is 13.1. The Kier molecular flexibility index (Phi) is 5.24. The largest absolute Gasteiger partial charge is 0.495 e. The van der Waals surface area contributed by atoms with E-state index in [0.717, 1.165) is 37.6 Å². The lowest BCUT2D eigenvalue weighted by atomic mass is 10.1. The van der Waals surface area contributed by atoms with E-state index in [9.17, 15) is 0 Å². The highest BCUT2D eigenvalue weighted by atomic mass is 16.5. The lowest BCUT2D eigenvalue weighted by Crippen LogP contribution is -2.47. The summed E-state index contributed by atoms with van der Waals surface area (Å²) in [6, 6.07) is 6.15. The lowest BCUT2D eigenvalue weighted by molar-refractivity contribution is -0.0882. The molecule has 0 bridgehead atoms. The maximum absolute atomic E-state index is 5.75. The number of ether oxygens (including phenoxy) is 2. The number of rotatable bonds is 3. The van der Waals surface area contributed by atoms with Crippen LogP contribution >= 0.6 is 0 Å². The molecule has 0 radical (unpaired) electrons. The summed E-state index contributed by atoms with van der Waals surface area (Å²) in [6.45, 7) is 8.18. The Morgan fingerprint density at radius 2 is 2.24 bits per heavy atom. The Hall–Kier alpha value is -1.54. The molecular formula is C17H24N2O2. The zero-order valence-corrected chi connectivity index (χ0v) is 13.1. The van der Waals surface area contributed by atoms with Crippen molar-refractivity contribution in [1.29, 1.82) is 0 Å². The van der Waals surface area contributed by atoms with Crippen molar-refractivity contribution in [2.24, 2.45) is 5.73 Å². The molecule has 1 aliphatic heterocycles. The summed E-state index contributed by atoms with van der Waals surface area (Å²) in [5.74, 6) is 6.76. The van der Waals surface area contributed by atoms with Crippen LogP contribution in [0.25, 0.3) is 0 Å². The summed E-state index contributed by atoms with van der Waals surface area (Å²) in [4.78, 5) is 2.41. The first-order chi connectivity index (χ1) is 10.0. The minimum atomic E-state index is -0.0765. The van der Waals surface area contributed by atoms with Crippen molar-refractivity contribution in [3.05, 3.63) is 29.3 Å². The minimum Gasteiger partial charge on any atom is -0.495 e. The van der Waals surface area contributed by atoms with E-state index >= 15 is 0 Å². The predicted octanol–water partition coefficient (Wildman–Crippen LogP) is 1.62. The Labute approximate surface area is 127 Å². The van der Waals surface area contributed by atoms with Crippen LogP contribution in [0.2, 0.25) is 0 Å². The van der Waals surface area contributed by atoms with Crippen LogP contribution in [-0.2, 0) is 11.3 Å². The minimum absolute atomic E-state index is 0.0765. The highest BCUT2D eigenvalue weighted by Gasteiger charge is 2.27. The van der Waals surface area contributed by atoms with Gasteiger partial charge in [-0.2, -0.15) is 0 Å². The van der Waals surface area contributed by atoms with Gasteiger partial charge in [0.1, 0.15) is 5.75 Å². The second-order valence-electron chi connectivity index (χ2n) is 5.86. The van der Waals surface area contributed by atoms with Crippen molar-refractivity contribution >= 4 is 0 Å². The lowest BCUT2D eigenvalue weighted by Gasteiger charge is -2.38. The van der Waals surface area contributed by atoms with Gasteiger partial charge >= 0.3 is 0 Å². The van der Waals surface area contributed by atoms with Gasteiger partial charge < -0.3 is 15.2 Å². The van der Waals surface area contributed by atoms with Gasteiger partial charge in [-0.1, -0.05) is 17.9 Å². The molecule has 0 aromatic heterocycles. The molecule has 114 valence electrons. The van der Waals surface area contributed by atoms with E-state index in [-0.39, 0.29) is 5.60 Å². The molecule has 0 saturated carbocycles. The fourth-order valence-electron chi connectivity index (χ4n) is 2.60. The van der Waals surface area contributed by atoms with E-state index in [2.05, 4.69) is 42.7 Å². The summed E-state index contributed by atoms with van der Waals surface area (Å²) in [5, 5.41) is 0. The first kappa shape index (κ1) is 15.8. The number of nitrogens with zero attached hydrogens (tertiary/aromatic N) is 1. The van der Waals surface area contributed by atoms with E-state index in [0.29, 0.717) is 6.54 Å². The second-order valence-corrected chi connectivity index (χ2v) is 5.86. The summed E-state index contributed by atoms with van der Waals surface area (Å²) < 4.78 is 11.1. The fourth-order valence-corrected chi connectivity index (χ4v) is 2.60. The van der Waals surface area contributed by atoms with Crippen molar-refractivity contribution in [3.63, 3.8) is 0 Å². The summed E-state index contributed by atoms with van der Waals surface area (Å²) in [6.07, 6.45) is 0. The van der Waals surface area contributed by atoms with E-state index in [4.69, 9.17) is 15.2 Å². The highest BCUT2D eigenvalue weighted by molar-refractivity contribution is 5.48. The highest BCUT2D eigenvalue weighted by Crippen LogP contribution is 2.22. The summed E-state index contributed by atoms with van der Waals surface area (Å²) >= 11 is 0. The molecule has 0 aliphatic carbocycles. The van der Waals surface area contributed by atoms with Crippen molar-refractivity contribution in [3.8, 4) is 17.6 Å². The van der Waals surface area contributed by atoms with Crippen LogP contribution < -0.4 is 10.5 Å². The quantitative estimate of drug-likeness (QED) is 0.859. The van der Waals surface area contributed by atoms with Crippen LogP contribution in [0.5, 0.6) is 5.75 Å². The van der Waals surface area contributed by atoms with Gasteiger partial charge in [0.25, 0.3) is 0 Å². The van der Waals surface area contributed by atoms with Crippen molar-refractivity contribution < 1.29 is 9.47 Å². The predicted molar refractivity (Wildman–Crippen MR) is 84.2 cm³/mol. The van der Waals surface area contributed by atoms with E-state index in [1.54, 1.807) is 7.11 Å².